The molecule has 3 heteroatoms. The third-order valence-electron chi connectivity index (χ3n) is 3.13. The Hall–Kier alpha value is -0.960. The molecule has 2 nitrogen and oxygen atoms in total. The molecule has 1 unspecified atom stereocenters. The van der Waals surface area contributed by atoms with Gasteiger partial charge in [-0.15, -0.1) is 0 Å². The summed E-state index contributed by atoms with van der Waals surface area (Å²) in [6, 6.07) is 1.79. The van der Waals surface area contributed by atoms with Crippen LogP contribution in [0.5, 0.6) is 0 Å². The zero-order chi connectivity index (χ0) is 10.8. The van der Waals surface area contributed by atoms with Crippen LogP contribution in [0.25, 0.3) is 0 Å². The lowest BCUT2D eigenvalue weighted by Gasteiger charge is -2.26. The Kier molecular flexibility index (Phi) is 3.00. The molecule has 1 atom stereocenters. The maximum atomic E-state index is 11.9. The molecular formula is C12H14O2S. The largest absolute Gasteiger partial charge is 0.299 e. The molecule has 0 spiro atoms. The summed E-state index contributed by atoms with van der Waals surface area (Å²) in [5.41, 5.74) is 0.681. The maximum absolute atomic E-state index is 11.9. The fraction of sp³-hybridized carbons (Fsp3) is 0.500. The Morgan fingerprint density at radius 2 is 2.20 bits per heavy atom. The quantitative estimate of drug-likeness (QED) is 0.580. The van der Waals surface area contributed by atoms with E-state index in [0.717, 1.165) is 19.3 Å². The highest BCUT2D eigenvalue weighted by atomic mass is 32.1. The molecule has 1 aromatic rings. The van der Waals surface area contributed by atoms with E-state index in [2.05, 4.69) is 0 Å². The number of hydrogen-bond donors (Lipinski definition) is 0. The highest BCUT2D eigenvalue weighted by molar-refractivity contribution is 7.08. The molecule has 0 bridgehead atoms. The molecule has 1 fully saturated rings. The predicted octanol–water partition coefficient (Wildman–Crippen LogP) is 2.94. The zero-order valence-electron chi connectivity index (χ0n) is 8.73. The zero-order valence-corrected chi connectivity index (χ0v) is 9.55. The normalized spacial score (nSPS) is 18.2. The third-order valence-corrected chi connectivity index (χ3v) is 3.82. The SMILES string of the molecule is CC(C(=O)c1ccsc1)C(=O)C1CCC1. The molecule has 80 valence electrons. The predicted molar refractivity (Wildman–Crippen MR) is 60.2 cm³/mol. The molecule has 2 rings (SSSR count). The molecule has 0 amide bonds. The lowest BCUT2D eigenvalue weighted by Crippen LogP contribution is -2.31. The minimum absolute atomic E-state index is 0.0202. The minimum Gasteiger partial charge on any atom is -0.299 e. The van der Waals surface area contributed by atoms with Gasteiger partial charge in [0.2, 0.25) is 0 Å². The smallest absolute Gasteiger partial charge is 0.173 e. The van der Waals surface area contributed by atoms with Gasteiger partial charge in [-0.05, 0) is 31.2 Å². The van der Waals surface area contributed by atoms with Crippen molar-refractivity contribution in [1.82, 2.24) is 0 Å². The van der Waals surface area contributed by atoms with Gasteiger partial charge in [0.15, 0.2) is 5.78 Å². The summed E-state index contributed by atoms with van der Waals surface area (Å²) in [7, 11) is 0. The summed E-state index contributed by atoms with van der Waals surface area (Å²) in [6.45, 7) is 1.74. The van der Waals surface area contributed by atoms with Crippen LogP contribution in [-0.4, -0.2) is 11.6 Å². The summed E-state index contributed by atoms with van der Waals surface area (Å²) in [4.78, 5) is 23.7. The van der Waals surface area contributed by atoms with E-state index >= 15 is 0 Å². The summed E-state index contributed by atoms with van der Waals surface area (Å²) in [5.74, 6) is -0.182. The number of Topliss-reactive ketones (excluding diaryl/α,β-unsaturated/α-hetero) is 2. The molecule has 0 aliphatic heterocycles. The van der Waals surface area contributed by atoms with Crippen LogP contribution in [0.15, 0.2) is 16.8 Å². The van der Waals surface area contributed by atoms with E-state index in [1.807, 2.05) is 10.8 Å². The van der Waals surface area contributed by atoms with Crippen molar-refractivity contribution in [3.63, 3.8) is 0 Å². The number of carbonyl (C=O) groups excluding carboxylic acids is 2. The Balaban J connectivity index is 2.04. The van der Waals surface area contributed by atoms with E-state index in [-0.39, 0.29) is 17.5 Å². The van der Waals surface area contributed by atoms with Crippen molar-refractivity contribution >= 4 is 22.9 Å². The lowest BCUT2D eigenvalue weighted by molar-refractivity contribution is -0.127. The van der Waals surface area contributed by atoms with Crippen molar-refractivity contribution in [2.75, 3.05) is 0 Å². The number of thiophene rings is 1. The molecular weight excluding hydrogens is 208 g/mol. The number of hydrogen-bond acceptors (Lipinski definition) is 3. The first-order chi connectivity index (χ1) is 7.20. The van der Waals surface area contributed by atoms with Gasteiger partial charge in [-0.1, -0.05) is 6.42 Å². The summed E-state index contributed by atoms with van der Waals surface area (Å²) >= 11 is 1.49. The van der Waals surface area contributed by atoms with Crippen molar-refractivity contribution in [3.05, 3.63) is 22.4 Å². The van der Waals surface area contributed by atoms with Gasteiger partial charge in [0.05, 0.1) is 5.92 Å². The fourth-order valence-corrected chi connectivity index (χ4v) is 2.48. The number of carbonyl (C=O) groups is 2. The van der Waals surface area contributed by atoms with Gasteiger partial charge in [0, 0.05) is 16.9 Å². The summed E-state index contributed by atoms with van der Waals surface area (Å²) in [6.07, 6.45) is 3.08. The van der Waals surface area contributed by atoms with Gasteiger partial charge in [0.1, 0.15) is 5.78 Å². The molecule has 0 radical (unpaired) electrons. The molecule has 1 heterocycles. The molecule has 0 N–H and O–H groups in total. The molecule has 1 aliphatic carbocycles. The highest BCUT2D eigenvalue weighted by Gasteiger charge is 2.32. The second kappa shape index (κ2) is 4.27. The first-order valence-corrected chi connectivity index (χ1v) is 6.24. The van der Waals surface area contributed by atoms with E-state index in [4.69, 9.17) is 0 Å². The van der Waals surface area contributed by atoms with Gasteiger partial charge >= 0.3 is 0 Å². The average Bonchev–Trinajstić information content (AvgIpc) is 2.65. The lowest BCUT2D eigenvalue weighted by atomic mass is 9.77. The van der Waals surface area contributed by atoms with Crippen LogP contribution in [0.4, 0.5) is 0 Å². The van der Waals surface area contributed by atoms with Crippen molar-refractivity contribution in [2.24, 2.45) is 11.8 Å². The van der Waals surface area contributed by atoms with Crippen LogP contribution in [-0.2, 0) is 4.79 Å². The molecule has 0 aromatic carbocycles. The van der Waals surface area contributed by atoms with Crippen LogP contribution in [0.1, 0.15) is 36.5 Å². The van der Waals surface area contributed by atoms with E-state index in [9.17, 15) is 9.59 Å². The van der Waals surface area contributed by atoms with Gasteiger partial charge in [-0.3, -0.25) is 9.59 Å². The second-order valence-electron chi connectivity index (χ2n) is 4.13. The van der Waals surface area contributed by atoms with Crippen LogP contribution in [0.3, 0.4) is 0 Å². The van der Waals surface area contributed by atoms with Gasteiger partial charge < -0.3 is 0 Å². The Labute approximate surface area is 93.3 Å². The maximum Gasteiger partial charge on any atom is 0.173 e. The molecule has 0 saturated heterocycles. The van der Waals surface area contributed by atoms with Gasteiger partial charge in [-0.25, -0.2) is 0 Å². The highest BCUT2D eigenvalue weighted by Crippen LogP contribution is 2.30. The van der Waals surface area contributed by atoms with Gasteiger partial charge in [0.25, 0.3) is 0 Å². The monoisotopic (exact) mass is 222 g/mol. The molecule has 1 aromatic heterocycles. The van der Waals surface area contributed by atoms with Crippen LogP contribution < -0.4 is 0 Å². The van der Waals surface area contributed by atoms with Crippen LogP contribution in [0, 0.1) is 11.8 Å². The standard InChI is InChI=1S/C12H14O2S/c1-8(11(13)9-3-2-4-9)12(14)10-5-6-15-7-10/h5-9H,2-4H2,1H3. The topological polar surface area (TPSA) is 34.1 Å². The van der Waals surface area contributed by atoms with Crippen molar-refractivity contribution < 1.29 is 9.59 Å². The van der Waals surface area contributed by atoms with Crippen molar-refractivity contribution in [3.8, 4) is 0 Å². The average molecular weight is 222 g/mol. The first-order valence-electron chi connectivity index (χ1n) is 5.30. The summed E-state index contributed by atoms with van der Waals surface area (Å²) < 4.78 is 0. The Morgan fingerprint density at radius 3 is 2.67 bits per heavy atom. The van der Waals surface area contributed by atoms with Crippen LogP contribution >= 0.6 is 11.3 Å². The number of rotatable bonds is 4. The van der Waals surface area contributed by atoms with E-state index in [0.29, 0.717) is 5.56 Å². The van der Waals surface area contributed by atoms with E-state index < -0.39 is 5.92 Å². The first kappa shape index (κ1) is 10.6. The fourth-order valence-electron chi connectivity index (χ4n) is 1.83. The summed E-state index contributed by atoms with van der Waals surface area (Å²) in [5, 5.41) is 3.68. The van der Waals surface area contributed by atoms with Crippen LogP contribution in [0.2, 0.25) is 0 Å². The molecule has 1 aliphatic rings. The van der Waals surface area contributed by atoms with Gasteiger partial charge in [-0.2, -0.15) is 11.3 Å². The second-order valence-corrected chi connectivity index (χ2v) is 4.91. The molecule has 1 saturated carbocycles. The minimum atomic E-state index is -0.454. The number of ketones is 2. The van der Waals surface area contributed by atoms with Crippen molar-refractivity contribution in [2.45, 2.75) is 26.2 Å². The van der Waals surface area contributed by atoms with E-state index in [1.165, 1.54) is 11.3 Å². The molecule has 15 heavy (non-hydrogen) atoms. The Morgan fingerprint density at radius 1 is 1.47 bits per heavy atom. The van der Waals surface area contributed by atoms with E-state index in [1.54, 1.807) is 13.0 Å². The van der Waals surface area contributed by atoms with Crippen molar-refractivity contribution in [1.29, 1.82) is 0 Å². The third kappa shape index (κ3) is 2.02. The Bertz CT molecular complexity index is 363.